The average Bonchev–Trinajstić information content (AvgIpc) is 2.77. The van der Waals surface area contributed by atoms with E-state index >= 15 is 0 Å². The smallest absolute Gasteiger partial charge is 0.307 e. The third-order valence-corrected chi connectivity index (χ3v) is 3.59. The Morgan fingerprint density at radius 3 is 2.80 bits per heavy atom. The molecular formula is C11H16N2O2. The van der Waals surface area contributed by atoms with Crippen molar-refractivity contribution in [2.75, 3.05) is 19.6 Å². The zero-order chi connectivity index (χ0) is 10.9. The van der Waals surface area contributed by atoms with Crippen LogP contribution in [-0.2, 0) is 4.79 Å². The van der Waals surface area contributed by atoms with Gasteiger partial charge in [-0.05, 0) is 31.2 Å². The van der Waals surface area contributed by atoms with E-state index in [0.717, 1.165) is 32.4 Å². The summed E-state index contributed by atoms with van der Waals surface area (Å²) in [6, 6.07) is 2.24. The van der Waals surface area contributed by atoms with E-state index < -0.39 is 5.97 Å². The van der Waals surface area contributed by atoms with Crippen LogP contribution < -0.4 is 0 Å². The highest BCUT2D eigenvalue weighted by molar-refractivity contribution is 5.70. The van der Waals surface area contributed by atoms with Crippen LogP contribution in [0, 0.1) is 22.7 Å². The summed E-state index contributed by atoms with van der Waals surface area (Å²) in [6.45, 7) is 2.47. The Hall–Kier alpha value is -1.08. The van der Waals surface area contributed by atoms with Crippen molar-refractivity contribution in [1.82, 2.24) is 4.90 Å². The van der Waals surface area contributed by atoms with Gasteiger partial charge in [0, 0.05) is 19.5 Å². The standard InChI is InChI=1S/C11H16N2O2/c12-5-4-11(2-3-11)8-13-6-1-9(7-13)10(14)15/h9H,1-4,6-8H2,(H,14,15). The number of carboxylic acids is 1. The van der Waals surface area contributed by atoms with Crippen molar-refractivity contribution < 1.29 is 9.90 Å². The second-order valence-electron chi connectivity index (χ2n) is 4.89. The first-order valence-electron chi connectivity index (χ1n) is 5.47. The summed E-state index contributed by atoms with van der Waals surface area (Å²) in [7, 11) is 0. The minimum Gasteiger partial charge on any atom is -0.481 e. The fourth-order valence-electron chi connectivity index (χ4n) is 2.39. The third-order valence-electron chi connectivity index (χ3n) is 3.59. The van der Waals surface area contributed by atoms with Crippen LogP contribution in [0.15, 0.2) is 0 Å². The molecule has 1 unspecified atom stereocenters. The Kier molecular flexibility index (Phi) is 2.66. The van der Waals surface area contributed by atoms with Gasteiger partial charge in [-0.3, -0.25) is 4.79 Å². The van der Waals surface area contributed by atoms with Gasteiger partial charge in [0.2, 0.25) is 0 Å². The number of rotatable bonds is 4. The summed E-state index contributed by atoms with van der Waals surface area (Å²) in [5, 5.41) is 17.6. The molecule has 0 spiro atoms. The maximum atomic E-state index is 10.8. The van der Waals surface area contributed by atoms with Crippen LogP contribution >= 0.6 is 0 Å². The van der Waals surface area contributed by atoms with Crippen LogP contribution in [0.25, 0.3) is 0 Å². The predicted molar refractivity (Wildman–Crippen MR) is 54.1 cm³/mol. The summed E-state index contributed by atoms with van der Waals surface area (Å²) < 4.78 is 0. The molecule has 0 aromatic heterocycles. The molecule has 2 aliphatic rings. The molecule has 2 rings (SSSR count). The SMILES string of the molecule is N#CCC1(CN2CCC(C(=O)O)C2)CC1. The summed E-state index contributed by atoms with van der Waals surface area (Å²) in [5.41, 5.74) is 0.210. The van der Waals surface area contributed by atoms with Crippen molar-refractivity contribution in [3.8, 4) is 6.07 Å². The van der Waals surface area contributed by atoms with Gasteiger partial charge >= 0.3 is 5.97 Å². The highest BCUT2D eigenvalue weighted by Gasteiger charge is 2.45. The zero-order valence-electron chi connectivity index (χ0n) is 8.78. The largest absolute Gasteiger partial charge is 0.481 e. The highest BCUT2D eigenvalue weighted by Crippen LogP contribution is 2.49. The molecule has 4 heteroatoms. The summed E-state index contributed by atoms with van der Waals surface area (Å²) in [5.74, 6) is -0.870. The van der Waals surface area contributed by atoms with Gasteiger partial charge in [-0.15, -0.1) is 0 Å². The van der Waals surface area contributed by atoms with Crippen molar-refractivity contribution in [2.24, 2.45) is 11.3 Å². The number of hydrogen-bond acceptors (Lipinski definition) is 3. The number of carboxylic acid groups (broad SMARTS) is 1. The lowest BCUT2D eigenvalue weighted by Gasteiger charge is -2.20. The monoisotopic (exact) mass is 208 g/mol. The number of nitriles is 1. The Balaban J connectivity index is 1.83. The van der Waals surface area contributed by atoms with E-state index in [-0.39, 0.29) is 11.3 Å². The Morgan fingerprint density at radius 1 is 1.60 bits per heavy atom. The van der Waals surface area contributed by atoms with Gasteiger partial charge in [0.1, 0.15) is 0 Å². The van der Waals surface area contributed by atoms with Crippen LogP contribution in [0.4, 0.5) is 0 Å². The Morgan fingerprint density at radius 2 is 2.33 bits per heavy atom. The fourth-order valence-corrected chi connectivity index (χ4v) is 2.39. The molecule has 1 saturated heterocycles. The number of nitrogens with zero attached hydrogens (tertiary/aromatic N) is 2. The summed E-state index contributed by atoms with van der Waals surface area (Å²) in [4.78, 5) is 13.0. The number of carbonyl (C=O) groups is 1. The van der Waals surface area contributed by atoms with E-state index in [1.807, 2.05) is 0 Å². The van der Waals surface area contributed by atoms with Crippen LogP contribution in [-0.4, -0.2) is 35.6 Å². The molecule has 1 atom stereocenters. The minimum absolute atomic E-state index is 0.192. The van der Waals surface area contributed by atoms with Gasteiger partial charge in [-0.2, -0.15) is 5.26 Å². The molecule has 15 heavy (non-hydrogen) atoms. The van der Waals surface area contributed by atoms with Crippen LogP contribution in [0.2, 0.25) is 0 Å². The number of aliphatic carboxylic acids is 1. The van der Waals surface area contributed by atoms with Gasteiger partial charge in [0.25, 0.3) is 0 Å². The van der Waals surface area contributed by atoms with Gasteiger partial charge < -0.3 is 10.0 Å². The van der Waals surface area contributed by atoms with Crippen LogP contribution in [0.1, 0.15) is 25.7 Å². The molecule has 4 nitrogen and oxygen atoms in total. The molecule has 1 heterocycles. The van der Waals surface area contributed by atoms with E-state index in [9.17, 15) is 4.79 Å². The predicted octanol–water partition coefficient (Wildman–Crippen LogP) is 1.09. The second-order valence-corrected chi connectivity index (χ2v) is 4.89. The van der Waals surface area contributed by atoms with Gasteiger partial charge in [0.15, 0.2) is 0 Å². The molecule has 0 bridgehead atoms. The maximum Gasteiger partial charge on any atom is 0.307 e. The van der Waals surface area contributed by atoms with Crippen LogP contribution in [0.5, 0.6) is 0 Å². The molecule has 0 radical (unpaired) electrons. The lowest BCUT2D eigenvalue weighted by molar-refractivity contribution is -0.141. The first-order chi connectivity index (χ1) is 7.15. The molecule has 0 amide bonds. The quantitative estimate of drug-likeness (QED) is 0.751. The van der Waals surface area contributed by atoms with Crippen molar-refractivity contribution in [1.29, 1.82) is 5.26 Å². The zero-order valence-corrected chi connectivity index (χ0v) is 8.78. The van der Waals surface area contributed by atoms with E-state index in [0.29, 0.717) is 13.0 Å². The molecular weight excluding hydrogens is 192 g/mol. The molecule has 1 aliphatic carbocycles. The van der Waals surface area contributed by atoms with E-state index in [4.69, 9.17) is 10.4 Å². The van der Waals surface area contributed by atoms with Crippen LogP contribution in [0.3, 0.4) is 0 Å². The first-order valence-corrected chi connectivity index (χ1v) is 5.47. The summed E-state index contributed by atoms with van der Waals surface area (Å²) >= 11 is 0. The maximum absolute atomic E-state index is 10.8. The highest BCUT2D eigenvalue weighted by atomic mass is 16.4. The van der Waals surface area contributed by atoms with Crippen molar-refractivity contribution in [3.63, 3.8) is 0 Å². The van der Waals surface area contributed by atoms with Crippen molar-refractivity contribution in [3.05, 3.63) is 0 Å². The Labute approximate surface area is 89.5 Å². The normalized spacial score (nSPS) is 28.6. The third kappa shape index (κ3) is 2.29. The molecule has 2 fully saturated rings. The molecule has 82 valence electrons. The fraction of sp³-hybridized carbons (Fsp3) is 0.818. The lowest BCUT2D eigenvalue weighted by atomic mass is 10.0. The van der Waals surface area contributed by atoms with Crippen molar-refractivity contribution in [2.45, 2.75) is 25.7 Å². The van der Waals surface area contributed by atoms with Gasteiger partial charge in [-0.1, -0.05) is 0 Å². The minimum atomic E-state index is -0.678. The topological polar surface area (TPSA) is 64.3 Å². The van der Waals surface area contributed by atoms with Crippen molar-refractivity contribution >= 4 is 5.97 Å². The second kappa shape index (κ2) is 3.82. The molecule has 0 aromatic rings. The van der Waals surface area contributed by atoms with Gasteiger partial charge in [-0.25, -0.2) is 0 Å². The molecule has 1 aliphatic heterocycles. The number of likely N-dealkylation sites (tertiary alicyclic amines) is 1. The van der Waals surface area contributed by atoms with E-state index in [1.165, 1.54) is 0 Å². The summed E-state index contributed by atoms with van der Waals surface area (Å²) in [6.07, 6.45) is 3.66. The number of hydrogen-bond donors (Lipinski definition) is 1. The Bertz CT molecular complexity index is 304. The first kappa shape index (κ1) is 10.4. The van der Waals surface area contributed by atoms with E-state index in [2.05, 4.69) is 11.0 Å². The van der Waals surface area contributed by atoms with Gasteiger partial charge in [0.05, 0.1) is 12.0 Å². The lowest BCUT2D eigenvalue weighted by Crippen LogP contribution is -2.29. The van der Waals surface area contributed by atoms with E-state index in [1.54, 1.807) is 0 Å². The average molecular weight is 208 g/mol. The molecule has 1 saturated carbocycles. The molecule has 1 N–H and O–H groups in total. The molecule has 0 aromatic carbocycles.